The number of anilines is 1. The first-order valence-corrected chi connectivity index (χ1v) is 4.69. The van der Waals surface area contributed by atoms with Crippen LogP contribution in [0.4, 0.5) is 5.69 Å². The van der Waals surface area contributed by atoms with Gasteiger partial charge in [0.15, 0.2) is 0 Å². The van der Waals surface area contributed by atoms with Crippen LogP contribution in [0.25, 0.3) is 11.1 Å². The zero-order valence-electron chi connectivity index (χ0n) is 8.40. The van der Waals surface area contributed by atoms with Crippen molar-refractivity contribution < 1.29 is 0 Å². The molecule has 0 unspecified atom stereocenters. The van der Waals surface area contributed by atoms with E-state index in [9.17, 15) is 4.79 Å². The van der Waals surface area contributed by atoms with Gasteiger partial charge in [0, 0.05) is 11.9 Å². The van der Waals surface area contributed by atoms with E-state index in [1.54, 1.807) is 24.4 Å². The van der Waals surface area contributed by atoms with Crippen LogP contribution in [0.3, 0.4) is 0 Å². The van der Waals surface area contributed by atoms with E-state index in [0.717, 1.165) is 11.1 Å². The van der Waals surface area contributed by atoms with E-state index >= 15 is 0 Å². The van der Waals surface area contributed by atoms with Crippen LogP contribution in [-0.2, 0) is 0 Å². The molecule has 0 saturated carbocycles. The molecule has 0 aliphatic rings. The Labute approximate surface area is 92.0 Å². The predicted molar refractivity (Wildman–Crippen MR) is 61.6 cm³/mol. The van der Waals surface area contributed by atoms with Gasteiger partial charge in [0.05, 0.1) is 0 Å². The third kappa shape index (κ3) is 1.79. The maximum Gasteiger partial charge on any atom is 0.265 e. The Morgan fingerprint density at radius 1 is 1.25 bits per heavy atom. The summed E-state index contributed by atoms with van der Waals surface area (Å²) in [7, 11) is 0. The molecule has 1 aromatic heterocycles. The first-order chi connectivity index (χ1) is 7.70. The summed E-state index contributed by atoms with van der Waals surface area (Å²) in [5.41, 5.74) is 7.65. The highest BCUT2D eigenvalue weighted by atomic mass is 16.1. The average Bonchev–Trinajstić information content (AvgIpc) is 2.29. The fourth-order valence-electron chi connectivity index (χ4n) is 1.45. The van der Waals surface area contributed by atoms with Crippen molar-refractivity contribution in [3.8, 4) is 17.2 Å². The Morgan fingerprint density at radius 3 is 2.75 bits per heavy atom. The van der Waals surface area contributed by atoms with E-state index in [2.05, 4.69) is 4.98 Å². The van der Waals surface area contributed by atoms with Crippen molar-refractivity contribution in [2.45, 2.75) is 0 Å². The van der Waals surface area contributed by atoms with Gasteiger partial charge in [-0.15, -0.1) is 0 Å². The molecule has 0 fully saturated rings. The third-order valence-corrected chi connectivity index (χ3v) is 2.24. The summed E-state index contributed by atoms with van der Waals surface area (Å²) in [5.74, 6) is 0. The lowest BCUT2D eigenvalue weighted by molar-refractivity contribution is 1.22. The van der Waals surface area contributed by atoms with Gasteiger partial charge in [-0.3, -0.25) is 4.79 Å². The van der Waals surface area contributed by atoms with Gasteiger partial charge in [-0.1, -0.05) is 12.1 Å². The van der Waals surface area contributed by atoms with E-state index in [0.29, 0.717) is 5.69 Å². The molecule has 4 nitrogen and oxygen atoms in total. The van der Waals surface area contributed by atoms with Crippen molar-refractivity contribution in [3.63, 3.8) is 0 Å². The van der Waals surface area contributed by atoms with Crippen molar-refractivity contribution in [2.24, 2.45) is 0 Å². The van der Waals surface area contributed by atoms with Crippen molar-refractivity contribution in [1.82, 2.24) is 4.98 Å². The lowest BCUT2D eigenvalue weighted by Crippen LogP contribution is -2.08. The van der Waals surface area contributed by atoms with Crippen LogP contribution in [0.2, 0.25) is 0 Å². The number of nitrogens with zero attached hydrogens (tertiary/aromatic N) is 1. The minimum Gasteiger partial charge on any atom is -0.399 e. The fraction of sp³-hybridized carbons (Fsp3) is 0. The minimum absolute atomic E-state index is 0.0972. The summed E-state index contributed by atoms with van der Waals surface area (Å²) in [4.78, 5) is 13.7. The number of hydrogen-bond donors (Lipinski definition) is 2. The molecule has 4 heteroatoms. The second-order valence-electron chi connectivity index (χ2n) is 3.37. The standard InChI is InChI=1S/C12H9N3O/c13-6-9-4-10(7-15-12(9)16)8-2-1-3-11(14)5-8/h1-5,7H,14H2,(H,15,16). The number of hydrogen-bond acceptors (Lipinski definition) is 3. The summed E-state index contributed by atoms with van der Waals surface area (Å²) < 4.78 is 0. The Balaban J connectivity index is 2.58. The van der Waals surface area contributed by atoms with E-state index < -0.39 is 0 Å². The summed E-state index contributed by atoms with van der Waals surface area (Å²) in [5, 5.41) is 8.75. The highest BCUT2D eigenvalue weighted by molar-refractivity contribution is 5.67. The molecule has 78 valence electrons. The molecule has 2 rings (SSSR count). The zero-order chi connectivity index (χ0) is 11.5. The van der Waals surface area contributed by atoms with E-state index in [1.807, 2.05) is 18.2 Å². The van der Waals surface area contributed by atoms with Gasteiger partial charge in [0.1, 0.15) is 11.6 Å². The summed E-state index contributed by atoms with van der Waals surface area (Å²) in [6, 6.07) is 10.6. The van der Waals surface area contributed by atoms with E-state index in [-0.39, 0.29) is 11.1 Å². The molecule has 1 aromatic carbocycles. The Kier molecular flexibility index (Phi) is 2.44. The molecule has 0 radical (unpaired) electrons. The van der Waals surface area contributed by atoms with Crippen LogP contribution < -0.4 is 11.3 Å². The Hall–Kier alpha value is -2.54. The molecule has 1 heterocycles. The van der Waals surface area contributed by atoms with Crippen LogP contribution in [0, 0.1) is 11.3 Å². The molecule has 0 aliphatic heterocycles. The third-order valence-electron chi connectivity index (χ3n) is 2.24. The molecule has 3 N–H and O–H groups in total. The van der Waals surface area contributed by atoms with Crippen LogP contribution in [0.5, 0.6) is 0 Å². The van der Waals surface area contributed by atoms with Gasteiger partial charge < -0.3 is 10.7 Å². The molecule has 0 aliphatic carbocycles. The molecule has 0 bridgehead atoms. The second kappa shape index (κ2) is 3.91. The molecule has 2 aromatic rings. The van der Waals surface area contributed by atoms with Gasteiger partial charge in [-0.2, -0.15) is 5.26 Å². The van der Waals surface area contributed by atoms with Crippen molar-refractivity contribution in [1.29, 1.82) is 5.26 Å². The maximum atomic E-state index is 11.2. The van der Waals surface area contributed by atoms with Gasteiger partial charge in [-0.25, -0.2) is 0 Å². The Bertz CT molecular complexity index is 623. The maximum absolute atomic E-state index is 11.2. The lowest BCUT2D eigenvalue weighted by atomic mass is 10.1. The van der Waals surface area contributed by atoms with Gasteiger partial charge in [0.2, 0.25) is 0 Å². The molecular formula is C12H9N3O. The lowest BCUT2D eigenvalue weighted by Gasteiger charge is -2.02. The molecule has 0 atom stereocenters. The highest BCUT2D eigenvalue weighted by Crippen LogP contribution is 2.20. The molecule has 0 amide bonds. The minimum atomic E-state index is -0.379. The quantitative estimate of drug-likeness (QED) is 0.701. The van der Waals surface area contributed by atoms with Crippen molar-refractivity contribution >= 4 is 5.69 Å². The number of nitrogens with one attached hydrogen (secondary N) is 1. The molecular weight excluding hydrogens is 202 g/mol. The van der Waals surface area contributed by atoms with Gasteiger partial charge in [-0.05, 0) is 29.3 Å². The second-order valence-corrected chi connectivity index (χ2v) is 3.37. The van der Waals surface area contributed by atoms with Crippen LogP contribution in [-0.4, -0.2) is 4.98 Å². The number of benzene rings is 1. The number of nitriles is 1. The number of aromatic nitrogens is 1. The molecule has 0 spiro atoms. The average molecular weight is 211 g/mol. The van der Waals surface area contributed by atoms with E-state index in [4.69, 9.17) is 11.0 Å². The van der Waals surface area contributed by atoms with E-state index in [1.165, 1.54) is 0 Å². The van der Waals surface area contributed by atoms with Gasteiger partial charge >= 0.3 is 0 Å². The normalized spacial score (nSPS) is 9.69. The number of nitrogens with two attached hydrogens (primary N) is 1. The monoisotopic (exact) mass is 211 g/mol. The van der Waals surface area contributed by atoms with Gasteiger partial charge in [0.25, 0.3) is 5.56 Å². The molecule has 16 heavy (non-hydrogen) atoms. The first-order valence-electron chi connectivity index (χ1n) is 4.69. The summed E-state index contributed by atoms with van der Waals surface area (Å²) in [6.45, 7) is 0. The fourth-order valence-corrected chi connectivity index (χ4v) is 1.45. The SMILES string of the molecule is N#Cc1cc(-c2cccc(N)c2)c[nH]c1=O. The van der Waals surface area contributed by atoms with Crippen molar-refractivity contribution in [2.75, 3.05) is 5.73 Å². The zero-order valence-corrected chi connectivity index (χ0v) is 8.40. The van der Waals surface area contributed by atoms with Crippen LogP contribution >= 0.6 is 0 Å². The Morgan fingerprint density at radius 2 is 2.06 bits per heavy atom. The van der Waals surface area contributed by atoms with Crippen LogP contribution in [0.1, 0.15) is 5.56 Å². The number of aromatic amines is 1. The number of H-pyrrole nitrogens is 1. The summed E-state index contributed by atoms with van der Waals surface area (Å²) >= 11 is 0. The number of nitrogen functional groups attached to an aromatic ring is 1. The predicted octanol–water partition coefficient (Wildman–Crippen LogP) is 1.50. The number of pyridine rings is 1. The van der Waals surface area contributed by atoms with Crippen molar-refractivity contribution in [3.05, 3.63) is 52.4 Å². The first kappa shape index (κ1) is 9.99. The largest absolute Gasteiger partial charge is 0.399 e. The smallest absolute Gasteiger partial charge is 0.265 e. The molecule has 0 saturated heterocycles. The highest BCUT2D eigenvalue weighted by Gasteiger charge is 2.02. The van der Waals surface area contributed by atoms with Crippen LogP contribution in [0.15, 0.2) is 41.3 Å². The summed E-state index contributed by atoms with van der Waals surface area (Å²) in [6.07, 6.45) is 1.57. The number of rotatable bonds is 1. The topological polar surface area (TPSA) is 82.7 Å².